The van der Waals surface area contributed by atoms with Crippen LogP contribution in [0.5, 0.6) is 0 Å². The molecule has 0 aliphatic heterocycles. The van der Waals surface area contributed by atoms with Crippen LogP contribution in [-0.4, -0.2) is 44.3 Å². The van der Waals surface area contributed by atoms with Crippen molar-refractivity contribution in [3.63, 3.8) is 0 Å². The van der Waals surface area contributed by atoms with Crippen molar-refractivity contribution < 1.29 is 19.4 Å². The molecule has 0 aliphatic rings. The van der Waals surface area contributed by atoms with Crippen molar-refractivity contribution in [2.75, 3.05) is 6.54 Å². The lowest BCUT2D eigenvalue weighted by molar-refractivity contribution is 0.0519. The van der Waals surface area contributed by atoms with E-state index >= 15 is 0 Å². The van der Waals surface area contributed by atoms with Crippen LogP contribution >= 0.6 is 0 Å². The Kier molecular flexibility index (Phi) is 4.47. The van der Waals surface area contributed by atoms with E-state index in [-0.39, 0.29) is 18.3 Å². The maximum atomic E-state index is 11.4. The molecule has 19 heavy (non-hydrogen) atoms. The Balaban J connectivity index is 2.48. The van der Waals surface area contributed by atoms with E-state index in [1.54, 1.807) is 27.7 Å². The molecule has 0 aromatic carbocycles. The van der Waals surface area contributed by atoms with Crippen LogP contribution in [0, 0.1) is 0 Å². The first-order chi connectivity index (χ1) is 8.69. The zero-order chi connectivity index (χ0) is 14.6. The van der Waals surface area contributed by atoms with Crippen molar-refractivity contribution in [1.29, 1.82) is 0 Å². The van der Waals surface area contributed by atoms with Gasteiger partial charge >= 0.3 is 12.1 Å². The minimum absolute atomic E-state index is 0.135. The number of amides is 1. The lowest BCUT2D eigenvalue weighted by Crippen LogP contribution is -2.35. The smallest absolute Gasteiger partial charge is 0.407 e. The van der Waals surface area contributed by atoms with Gasteiger partial charge in [-0.15, -0.1) is 5.10 Å². The highest BCUT2D eigenvalue weighted by molar-refractivity contribution is 5.84. The van der Waals surface area contributed by atoms with Crippen molar-refractivity contribution in [3.05, 3.63) is 11.9 Å². The third-order valence-electron chi connectivity index (χ3n) is 2.12. The van der Waals surface area contributed by atoms with Gasteiger partial charge in [-0.2, -0.15) is 0 Å². The molecule has 2 N–H and O–H groups in total. The minimum Gasteiger partial charge on any atom is -0.476 e. The van der Waals surface area contributed by atoms with Crippen LogP contribution in [0.25, 0.3) is 0 Å². The van der Waals surface area contributed by atoms with Gasteiger partial charge in [-0.25, -0.2) is 14.3 Å². The Bertz CT molecular complexity index is 464. The number of aromatic carboxylic acids is 1. The van der Waals surface area contributed by atoms with Crippen LogP contribution in [0.2, 0.25) is 0 Å². The number of carbonyl (C=O) groups is 2. The van der Waals surface area contributed by atoms with Crippen LogP contribution in [-0.2, 0) is 4.74 Å². The third kappa shape index (κ3) is 4.94. The second kappa shape index (κ2) is 5.68. The predicted octanol–water partition coefficient (Wildman–Crippen LogP) is 1.06. The molecule has 0 spiro atoms. The summed E-state index contributed by atoms with van der Waals surface area (Å²) in [7, 11) is 0. The van der Waals surface area contributed by atoms with Gasteiger partial charge in [-0.1, -0.05) is 5.21 Å². The molecule has 1 aromatic rings. The number of hydrogen-bond acceptors (Lipinski definition) is 5. The summed E-state index contributed by atoms with van der Waals surface area (Å²) in [6.07, 6.45) is 0.780. The first-order valence-electron chi connectivity index (χ1n) is 5.81. The minimum atomic E-state index is -1.14. The van der Waals surface area contributed by atoms with Gasteiger partial charge in [0.2, 0.25) is 0 Å². The Morgan fingerprint density at radius 2 is 2.16 bits per heavy atom. The molecule has 1 rings (SSSR count). The average molecular weight is 270 g/mol. The molecule has 8 heteroatoms. The molecule has 0 saturated heterocycles. The van der Waals surface area contributed by atoms with E-state index in [4.69, 9.17) is 9.84 Å². The van der Waals surface area contributed by atoms with Crippen molar-refractivity contribution in [2.45, 2.75) is 39.3 Å². The van der Waals surface area contributed by atoms with Gasteiger partial charge in [0.1, 0.15) is 5.60 Å². The molecule has 0 aliphatic carbocycles. The molecular formula is C11H18N4O4. The number of nitrogens with one attached hydrogen (secondary N) is 1. The first kappa shape index (κ1) is 14.9. The van der Waals surface area contributed by atoms with Gasteiger partial charge in [0, 0.05) is 6.54 Å². The molecule has 106 valence electrons. The van der Waals surface area contributed by atoms with Crippen LogP contribution in [0.4, 0.5) is 4.79 Å². The summed E-state index contributed by atoms with van der Waals surface area (Å²) in [4.78, 5) is 22.1. The maximum Gasteiger partial charge on any atom is 0.407 e. The fourth-order valence-corrected chi connectivity index (χ4v) is 1.23. The van der Waals surface area contributed by atoms with E-state index in [0.29, 0.717) is 0 Å². The average Bonchev–Trinajstić information content (AvgIpc) is 2.72. The van der Waals surface area contributed by atoms with Gasteiger partial charge < -0.3 is 15.2 Å². The number of carbonyl (C=O) groups excluding carboxylic acids is 1. The number of aromatic nitrogens is 3. The number of alkyl carbamates (subject to hydrolysis) is 1. The lowest BCUT2D eigenvalue weighted by Gasteiger charge is -2.20. The van der Waals surface area contributed by atoms with E-state index in [1.807, 2.05) is 0 Å². The van der Waals surface area contributed by atoms with Gasteiger partial charge in [-0.3, -0.25) is 0 Å². The third-order valence-corrected chi connectivity index (χ3v) is 2.12. The van der Waals surface area contributed by atoms with E-state index in [1.165, 1.54) is 10.9 Å². The number of ether oxygens (including phenoxy) is 1. The molecule has 0 saturated carbocycles. The summed E-state index contributed by atoms with van der Waals surface area (Å²) < 4.78 is 6.45. The Morgan fingerprint density at radius 3 is 2.63 bits per heavy atom. The molecule has 0 fully saturated rings. The molecule has 0 bridgehead atoms. The highest BCUT2D eigenvalue weighted by Gasteiger charge is 2.17. The molecule has 1 atom stereocenters. The molecule has 8 nitrogen and oxygen atoms in total. The fourth-order valence-electron chi connectivity index (χ4n) is 1.23. The number of nitrogens with zero attached hydrogens (tertiary/aromatic N) is 3. The molecule has 0 radical (unpaired) electrons. The summed E-state index contributed by atoms with van der Waals surface area (Å²) in [6.45, 7) is 7.35. The summed E-state index contributed by atoms with van der Waals surface area (Å²) in [5, 5.41) is 18.5. The summed E-state index contributed by atoms with van der Waals surface area (Å²) in [5.41, 5.74) is -0.694. The van der Waals surface area contributed by atoms with Crippen molar-refractivity contribution >= 4 is 12.1 Å². The van der Waals surface area contributed by atoms with Gasteiger partial charge in [0.05, 0.1) is 12.2 Å². The van der Waals surface area contributed by atoms with Crippen molar-refractivity contribution in [3.8, 4) is 0 Å². The van der Waals surface area contributed by atoms with Crippen molar-refractivity contribution in [1.82, 2.24) is 20.3 Å². The van der Waals surface area contributed by atoms with E-state index in [9.17, 15) is 9.59 Å². The number of carboxylic acid groups (broad SMARTS) is 1. The predicted molar refractivity (Wildman–Crippen MR) is 65.9 cm³/mol. The van der Waals surface area contributed by atoms with E-state index in [0.717, 1.165) is 0 Å². The molecular weight excluding hydrogens is 252 g/mol. The fraction of sp³-hybridized carbons (Fsp3) is 0.636. The second-order valence-corrected chi connectivity index (χ2v) is 5.12. The normalized spacial score (nSPS) is 12.8. The van der Waals surface area contributed by atoms with Crippen LogP contribution in [0.15, 0.2) is 6.20 Å². The Hall–Kier alpha value is -2.12. The number of rotatable bonds is 4. The van der Waals surface area contributed by atoms with Gasteiger partial charge in [-0.05, 0) is 27.7 Å². The zero-order valence-corrected chi connectivity index (χ0v) is 11.4. The molecule has 1 heterocycles. The van der Waals surface area contributed by atoms with Crippen LogP contribution < -0.4 is 5.32 Å². The Labute approximate surface area is 110 Å². The first-order valence-corrected chi connectivity index (χ1v) is 5.81. The molecule has 1 amide bonds. The summed E-state index contributed by atoms with van der Waals surface area (Å²) in [5.74, 6) is -1.14. The SMILES string of the molecule is C[C@@H](CNC(=O)OC(C)(C)C)n1cc(C(=O)O)nn1. The monoisotopic (exact) mass is 270 g/mol. The lowest BCUT2D eigenvalue weighted by atomic mass is 10.2. The van der Waals surface area contributed by atoms with Gasteiger partial charge in [0.15, 0.2) is 5.69 Å². The highest BCUT2D eigenvalue weighted by atomic mass is 16.6. The summed E-state index contributed by atoms with van der Waals surface area (Å²) in [6, 6.07) is -0.229. The van der Waals surface area contributed by atoms with E-state index in [2.05, 4.69) is 15.6 Å². The number of carboxylic acids is 1. The standard InChI is InChI=1S/C11H18N4O4/c1-7(5-12-10(18)19-11(2,3)4)15-6-8(9(16)17)13-14-15/h6-7H,5H2,1-4H3,(H,12,18)(H,16,17)/t7-/m0/s1. The maximum absolute atomic E-state index is 11.4. The van der Waals surface area contributed by atoms with Crippen molar-refractivity contribution in [2.24, 2.45) is 0 Å². The second-order valence-electron chi connectivity index (χ2n) is 5.12. The largest absolute Gasteiger partial charge is 0.476 e. The number of hydrogen-bond donors (Lipinski definition) is 2. The van der Waals surface area contributed by atoms with E-state index < -0.39 is 17.7 Å². The molecule has 1 aromatic heterocycles. The Morgan fingerprint density at radius 1 is 1.53 bits per heavy atom. The quantitative estimate of drug-likeness (QED) is 0.847. The highest BCUT2D eigenvalue weighted by Crippen LogP contribution is 2.07. The topological polar surface area (TPSA) is 106 Å². The molecule has 0 unspecified atom stereocenters. The summed E-state index contributed by atoms with van der Waals surface area (Å²) >= 11 is 0. The van der Waals surface area contributed by atoms with Crippen LogP contribution in [0.1, 0.15) is 44.2 Å². The van der Waals surface area contributed by atoms with Gasteiger partial charge in [0.25, 0.3) is 0 Å². The van der Waals surface area contributed by atoms with Crippen LogP contribution in [0.3, 0.4) is 0 Å². The zero-order valence-electron chi connectivity index (χ0n) is 11.4.